The summed E-state index contributed by atoms with van der Waals surface area (Å²) in [5, 5.41) is 13.4. The second kappa shape index (κ2) is 7.43. The summed E-state index contributed by atoms with van der Waals surface area (Å²) in [6.45, 7) is 5.38. The number of nitrogens with zero attached hydrogens (tertiary/aromatic N) is 5. The standard InChI is InChI=1S/C20H20FN5O2/c1-12(2)18-23-16(11-22)20(27-18)26-9-7-14(8-10-26)19-24-17(25-28-19)13-3-5-15(21)6-4-13/h3-6,12,14H,7-10H2,1-2H3. The molecule has 0 spiro atoms. The molecule has 1 aromatic carbocycles. The Balaban J connectivity index is 1.45. The van der Waals surface area contributed by atoms with Crippen LogP contribution in [0.4, 0.5) is 10.3 Å². The second-order valence-electron chi connectivity index (χ2n) is 7.20. The molecular formula is C20H20FN5O2. The van der Waals surface area contributed by atoms with Crippen LogP contribution < -0.4 is 4.90 Å². The average molecular weight is 381 g/mol. The van der Waals surface area contributed by atoms with Crippen molar-refractivity contribution in [2.24, 2.45) is 0 Å². The van der Waals surface area contributed by atoms with Gasteiger partial charge < -0.3 is 13.8 Å². The minimum Gasteiger partial charge on any atom is -0.423 e. The van der Waals surface area contributed by atoms with Crippen molar-refractivity contribution < 1.29 is 13.3 Å². The highest BCUT2D eigenvalue weighted by Gasteiger charge is 2.29. The zero-order valence-electron chi connectivity index (χ0n) is 15.7. The van der Waals surface area contributed by atoms with Crippen molar-refractivity contribution in [1.29, 1.82) is 5.26 Å². The summed E-state index contributed by atoms with van der Waals surface area (Å²) in [5.41, 5.74) is 1.05. The van der Waals surface area contributed by atoms with Crippen LogP contribution in [-0.4, -0.2) is 28.2 Å². The van der Waals surface area contributed by atoms with E-state index in [9.17, 15) is 9.65 Å². The number of piperidine rings is 1. The molecule has 7 nitrogen and oxygen atoms in total. The first-order chi connectivity index (χ1) is 13.5. The molecule has 4 rings (SSSR count). The minimum absolute atomic E-state index is 0.127. The molecule has 144 valence electrons. The van der Waals surface area contributed by atoms with E-state index < -0.39 is 0 Å². The summed E-state index contributed by atoms with van der Waals surface area (Å²) in [6, 6.07) is 8.13. The number of hydrogen-bond acceptors (Lipinski definition) is 7. The highest BCUT2D eigenvalue weighted by Crippen LogP contribution is 2.33. The molecule has 0 N–H and O–H groups in total. The number of aromatic nitrogens is 3. The molecule has 1 fully saturated rings. The number of halogens is 1. The molecule has 0 atom stereocenters. The predicted octanol–water partition coefficient (Wildman–Crippen LogP) is 4.24. The van der Waals surface area contributed by atoms with Gasteiger partial charge in [0, 0.05) is 30.5 Å². The minimum atomic E-state index is -0.301. The molecule has 8 heteroatoms. The van der Waals surface area contributed by atoms with E-state index in [1.54, 1.807) is 12.1 Å². The molecule has 0 saturated carbocycles. The summed E-state index contributed by atoms with van der Waals surface area (Å²) in [4.78, 5) is 10.8. The number of rotatable bonds is 4. The molecule has 3 aromatic rings. The van der Waals surface area contributed by atoms with Crippen LogP contribution in [0.5, 0.6) is 0 Å². The number of hydrogen-bond donors (Lipinski definition) is 0. The van der Waals surface area contributed by atoms with Gasteiger partial charge in [-0.1, -0.05) is 19.0 Å². The van der Waals surface area contributed by atoms with Crippen molar-refractivity contribution in [3.8, 4) is 17.5 Å². The summed E-state index contributed by atoms with van der Waals surface area (Å²) in [6.07, 6.45) is 1.60. The molecule has 0 amide bonds. The fourth-order valence-corrected chi connectivity index (χ4v) is 3.31. The Labute approximate surface area is 161 Å². The quantitative estimate of drug-likeness (QED) is 0.667. The summed E-state index contributed by atoms with van der Waals surface area (Å²) < 4.78 is 24.4. The molecular weight excluding hydrogens is 361 g/mol. The van der Waals surface area contributed by atoms with Crippen molar-refractivity contribution in [1.82, 2.24) is 15.1 Å². The van der Waals surface area contributed by atoms with Crippen LogP contribution in [0.1, 0.15) is 56.0 Å². The zero-order chi connectivity index (χ0) is 19.7. The number of nitriles is 1. The molecule has 1 aliphatic rings. The van der Waals surface area contributed by atoms with Gasteiger partial charge in [0.15, 0.2) is 0 Å². The van der Waals surface area contributed by atoms with Gasteiger partial charge in [-0.25, -0.2) is 9.37 Å². The lowest BCUT2D eigenvalue weighted by Crippen LogP contribution is -2.33. The van der Waals surface area contributed by atoms with Gasteiger partial charge in [-0.2, -0.15) is 10.2 Å². The Hall–Kier alpha value is -3.21. The average Bonchev–Trinajstić information content (AvgIpc) is 3.36. The number of oxazole rings is 1. The third-order valence-electron chi connectivity index (χ3n) is 4.90. The van der Waals surface area contributed by atoms with Crippen LogP contribution in [-0.2, 0) is 0 Å². The van der Waals surface area contributed by atoms with E-state index in [-0.39, 0.29) is 17.7 Å². The van der Waals surface area contributed by atoms with Gasteiger partial charge in [-0.05, 0) is 37.1 Å². The highest BCUT2D eigenvalue weighted by molar-refractivity contribution is 5.54. The third kappa shape index (κ3) is 3.48. The van der Waals surface area contributed by atoms with E-state index in [0.717, 1.165) is 18.4 Å². The maximum Gasteiger partial charge on any atom is 0.234 e. The normalized spacial score (nSPS) is 15.2. The lowest BCUT2D eigenvalue weighted by Gasteiger charge is -2.29. The van der Waals surface area contributed by atoms with Crippen LogP contribution in [0.25, 0.3) is 11.4 Å². The van der Waals surface area contributed by atoms with E-state index in [0.29, 0.717) is 42.3 Å². The number of anilines is 1. The monoisotopic (exact) mass is 381 g/mol. The summed E-state index contributed by atoms with van der Waals surface area (Å²) in [5.74, 6) is 2.12. The fraction of sp³-hybridized carbons (Fsp3) is 0.400. The maximum atomic E-state index is 13.1. The van der Waals surface area contributed by atoms with Crippen LogP contribution in [0, 0.1) is 17.1 Å². The topological polar surface area (TPSA) is 92.0 Å². The molecule has 28 heavy (non-hydrogen) atoms. The first kappa shape index (κ1) is 18.2. The van der Waals surface area contributed by atoms with Gasteiger partial charge in [-0.15, -0.1) is 0 Å². The Morgan fingerprint density at radius 2 is 1.89 bits per heavy atom. The second-order valence-corrected chi connectivity index (χ2v) is 7.20. The molecule has 0 unspecified atom stereocenters. The highest BCUT2D eigenvalue weighted by atomic mass is 19.1. The van der Waals surface area contributed by atoms with Crippen molar-refractivity contribution in [3.05, 3.63) is 47.6 Å². The maximum absolute atomic E-state index is 13.1. The van der Waals surface area contributed by atoms with Crippen molar-refractivity contribution in [2.75, 3.05) is 18.0 Å². The van der Waals surface area contributed by atoms with Crippen LogP contribution >= 0.6 is 0 Å². The zero-order valence-corrected chi connectivity index (χ0v) is 15.7. The van der Waals surface area contributed by atoms with Crippen molar-refractivity contribution in [2.45, 2.75) is 38.5 Å². The Morgan fingerprint density at radius 1 is 1.18 bits per heavy atom. The fourth-order valence-electron chi connectivity index (χ4n) is 3.31. The summed E-state index contributed by atoms with van der Waals surface area (Å²) in [7, 11) is 0. The van der Waals surface area contributed by atoms with E-state index in [1.165, 1.54) is 12.1 Å². The van der Waals surface area contributed by atoms with Gasteiger partial charge in [0.25, 0.3) is 0 Å². The first-order valence-corrected chi connectivity index (χ1v) is 9.30. The van der Waals surface area contributed by atoms with E-state index in [1.807, 2.05) is 18.7 Å². The summed E-state index contributed by atoms with van der Waals surface area (Å²) >= 11 is 0. The third-order valence-corrected chi connectivity index (χ3v) is 4.90. The lowest BCUT2D eigenvalue weighted by molar-refractivity contribution is 0.326. The van der Waals surface area contributed by atoms with Crippen LogP contribution in [0.15, 0.2) is 33.2 Å². The smallest absolute Gasteiger partial charge is 0.234 e. The van der Waals surface area contributed by atoms with E-state index in [4.69, 9.17) is 8.94 Å². The van der Waals surface area contributed by atoms with Crippen LogP contribution in [0.3, 0.4) is 0 Å². The van der Waals surface area contributed by atoms with Gasteiger partial charge in [-0.3, -0.25) is 0 Å². The Morgan fingerprint density at radius 3 is 2.54 bits per heavy atom. The van der Waals surface area contributed by atoms with Gasteiger partial charge in [0.1, 0.15) is 11.9 Å². The molecule has 0 radical (unpaired) electrons. The van der Waals surface area contributed by atoms with E-state index >= 15 is 0 Å². The number of benzene rings is 1. The molecule has 3 heterocycles. The Bertz CT molecular complexity index is 995. The van der Waals surface area contributed by atoms with Gasteiger partial charge in [0.2, 0.25) is 29.2 Å². The van der Waals surface area contributed by atoms with Gasteiger partial charge >= 0.3 is 0 Å². The van der Waals surface area contributed by atoms with Gasteiger partial charge in [0.05, 0.1) is 0 Å². The Kier molecular flexibility index (Phi) is 4.82. The van der Waals surface area contributed by atoms with Crippen molar-refractivity contribution >= 4 is 5.88 Å². The first-order valence-electron chi connectivity index (χ1n) is 9.30. The predicted molar refractivity (Wildman–Crippen MR) is 99.2 cm³/mol. The SMILES string of the molecule is CC(C)c1nc(C#N)c(N2CCC(c3nc(-c4ccc(F)cc4)no3)CC2)o1. The molecule has 0 aliphatic carbocycles. The molecule has 1 saturated heterocycles. The lowest BCUT2D eigenvalue weighted by atomic mass is 9.97. The molecule has 1 aliphatic heterocycles. The van der Waals surface area contributed by atoms with E-state index in [2.05, 4.69) is 21.2 Å². The molecule has 2 aromatic heterocycles. The largest absolute Gasteiger partial charge is 0.423 e. The van der Waals surface area contributed by atoms with Crippen LogP contribution in [0.2, 0.25) is 0 Å². The molecule has 0 bridgehead atoms. The van der Waals surface area contributed by atoms with Crippen molar-refractivity contribution in [3.63, 3.8) is 0 Å².